The van der Waals surface area contributed by atoms with Gasteiger partial charge in [0.25, 0.3) is 5.91 Å². The Hall–Kier alpha value is -2.14. The Morgan fingerprint density at radius 3 is 2.92 bits per heavy atom. The zero-order valence-electron chi connectivity index (χ0n) is 15.4. The maximum absolute atomic E-state index is 12.8. The first-order valence-corrected chi connectivity index (χ1v) is 9.08. The number of rotatable bonds is 6. The summed E-state index contributed by atoms with van der Waals surface area (Å²) in [6.07, 6.45) is 6.79. The predicted octanol–water partition coefficient (Wildman–Crippen LogP) is 3.06. The van der Waals surface area contributed by atoms with Crippen molar-refractivity contribution in [3.63, 3.8) is 0 Å². The molecule has 2 aromatic rings. The molecule has 0 aliphatic carbocycles. The highest BCUT2D eigenvalue weighted by atomic mass is 16.2. The van der Waals surface area contributed by atoms with Crippen LogP contribution in [0.1, 0.15) is 42.4 Å². The average Bonchev–Trinajstić information content (AvgIpc) is 3.24. The van der Waals surface area contributed by atoms with E-state index in [-0.39, 0.29) is 5.91 Å². The second kappa shape index (κ2) is 7.83. The van der Waals surface area contributed by atoms with Gasteiger partial charge < -0.3 is 14.4 Å². The summed E-state index contributed by atoms with van der Waals surface area (Å²) in [5.41, 5.74) is 2.03. The number of amides is 1. The van der Waals surface area contributed by atoms with Crippen LogP contribution in [0.4, 0.5) is 0 Å². The van der Waals surface area contributed by atoms with Crippen LogP contribution in [0.25, 0.3) is 0 Å². The fourth-order valence-electron chi connectivity index (χ4n) is 3.66. The number of likely N-dealkylation sites (tertiary alicyclic amines) is 1. The van der Waals surface area contributed by atoms with Gasteiger partial charge in [0.05, 0.1) is 0 Å². The summed E-state index contributed by atoms with van der Waals surface area (Å²) in [7, 11) is 2.14. The molecule has 3 heterocycles. The molecule has 1 amide bonds. The van der Waals surface area contributed by atoms with Gasteiger partial charge in [0.15, 0.2) is 0 Å². The van der Waals surface area contributed by atoms with Crippen molar-refractivity contribution in [2.75, 3.05) is 26.7 Å². The van der Waals surface area contributed by atoms with E-state index in [2.05, 4.69) is 41.4 Å². The van der Waals surface area contributed by atoms with E-state index in [4.69, 9.17) is 0 Å². The van der Waals surface area contributed by atoms with Gasteiger partial charge in [-0.2, -0.15) is 0 Å². The van der Waals surface area contributed by atoms with Gasteiger partial charge in [-0.05, 0) is 57.0 Å². The maximum atomic E-state index is 12.8. The zero-order chi connectivity index (χ0) is 17.8. The minimum absolute atomic E-state index is 0.163. The fourth-order valence-corrected chi connectivity index (χ4v) is 3.66. The summed E-state index contributed by atoms with van der Waals surface area (Å²) in [6, 6.07) is 8.28. The Kier molecular flexibility index (Phi) is 5.53. The first-order chi connectivity index (χ1) is 12.0. The van der Waals surface area contributed by atoms with Crippen LogP contribution in [0.2, 0.25) is 0 Å². The highest BCUT2D eigenvalue weighted by Crippen LogP contribution is 2.21. The van der Waals surface area contributed by atoms with Crippen LogP contribution in [0, 0.1) is 5.92 Å². The van der Waals surface area contributed by atoms with Gasteiger partial charge in [0.2, 0.25) is 0 Å². The van der Waals surface area contributed by atoms with Crippen LogP contribution in [0.5, 0.6) is 0 Å². The molecule has 134 valence electrons. The van der Waals surface area contributed by atoms with E-state index >= 15 is 0 Å². The van der Waals surface area contributed by atoms with Crippen molar-refractivity contribution >= 4 is 5.91 Å². The van der Waals surface area contributed by atoms with Crippen molar-refractivity contribution in [3.05, 3.63) is 54.1 Å². The summed E-state index contributed by atoms with van der Waals surface area (Å²) in [4.78, 5) is 21.3. The molecule has 1 aliphatic heterocycles. The monoisotopic (exact) mass is 340 g/mol. The average molecular weight is 340 g/mol. The molecular formula is C20H28N4O. The number of aromatic nitrogens is 2. The molecule has 1 atom stereocenters. The van der Waals surface area contributed by atoms with Gasteiger partial charge in [-0.1, -0.05) is 6.07 Å². The van der Waals surface area contributed by atoms with Crippen molar-refractivity contribution in [2.45, 2.75) is 32.9 Å². The van der Waals surface area contributed by atoms with Crippen molar-refractivity contribution in [3.8, 4) is 0 Å². The van der Waals surface area contributed by atoms with E-state index in [1.165, 1.54) is 5.56 Å². The van der Waals surface area contributed by atoms with E-state index in [9.17, 15) is 4.79 Å². The van der Waals surface area contributed by atoms with Gasteiger partial charge >= 0.3 is 0 Å². The van der Waals surface area contributed by atoms with Gasteiger partial charge in [0, 0.05) is 50.8 Å². The second-order valence-corrected chi connectivity index (χ2v) is 7.36. The van der Waals surface area contributed by atoms with Crippen molar-refractivity contribution < 1.29 is 4.79 Å². The number of carbonyl (C=O) groups excluding carboxylic acids is 1. The molecule has 0 radical (unpaired) electrons. The Morgan fingerprint density at radius 1 is 1.36 bits per heavy atom. The molecule has 0 aromatic carbocycles. The summed E-state index contributed by atoms with van der Waals surface area (Å²) in [5.74, 6) is 0.698. The van der Waals surface area contributed by atoms with Crippen LogP contribution in [-0.2, 0) is 6.54 Å². The minimum Gasteiger partial charge on any atom is -0.341 e. The second-order valence-electron chi connectivity index (χ2n) is 7.36. The Labute approximate surface area is 150 Å². The molecule has 2 aromatic heterocycles. The molecule has 0 saturated carbocycles. The summed E-state index contributed by atoms with van der Waals surface area (Å²) in [5, 5.41) is 0. The molecular weight excluding hydrogens is 312 g/mol. The topological polar surface area (TPSA) is 41.4 Å². The maximum Gasteiger partial charge on any atom is 0.270 e. The summed E-state index contributed by atoms with van der Waals surface area (Å²) < 4.78 is 2.06. The lowest BCUT2D eigenvalue weighted by Gasteiger charge is -2.22. The van der Waals surface area contributed by atoms with E-state index in [0.717, 1.165) is 38.3 Å². The van der Waals surface area contributed by atoms with E-state index in [1.807, 2.05) is 35.5 Å². The minimum atomic E-state index is 0.163. The van der Waals surface area contributed by atoms with Crippen LogP contribution >= 0.6 is 0 Å². The number of carbonyl (C=O) groups is 1. The van der Waals surface area contributed by atoms with E-state index in [0.29, 0.717) is 12.0 Å². The van der Waals surface area contributed by atoms with Gasteiger partial charge in [0.1, 0.15) is 5.69 Å². The Bertz CT molecular complexity index is 695. The molecule has 3 rings (SSSR count). The molecule has 0 N–H and O–H groups in total. The molecule has 1 saturated heterocycles. The highest BCUT2D eigenvalue weighted by Gasteiger charge is 2.29. The van der Waals surface area contributed by atoms with Crippen LogP contribution in [0.3, 0.4) is 0 Å². The van der Waals surface area contributed by atoms with Crippen molar-refractivity contribution in [1.82, 2.24) is 19.4 Å². The van der Waals surface area contributed by atoms with E-state index < -0.39 is 0 Å². The van der Waals surface area contributed by atoms with Gasteiger partial charge in [-0.3, -0.25) is 9.78 Å². The fraction of sp³-hybridized carbons (Fsp3) is 0.500. The van der Waals surface area contributed by atoms with Crippen LogP contribution in [0.15, 0.2) is 42.9 Å². The molecule has 0 bridgehead atoms. The third-order valence-electron chi connectivity index (χ3n) is 4.87. The molecule has 0 unspecified atom stereocenters. The quantitative estimate of drug-likeness (QED) is 0.811. The standard InChI is InChI=1S/C20H28N4O/c1-16(2)24-10-5-7-19(24)20(25)23-11-8-18(15-23)14-22(3)13-17-6-4-9-21-12-17/h4-7,9-10,12,16,18H,8,11,13-15H2,1-3H3/t18-/m0/s1. The number of hydrogen-bond acceptors (Lipinski definition) is 3. The third-order valence-corrected chi connectivity index (χ3v) is 4.87. The molecule has 1 fully saturated rings. The lowest BCUT2D eigenvalue weighted by Crippen LogP contribution is -2.32. The summed E-state index contributed by atoms with van der Waals surface area (Å²) >= 11 is 0. The molecule has 5 heteroatoms. The Balaban J connectivity index is 1.54. The van der Waals surface area contributed by atoms with Gasteiger partial charge in [-0.15, -0.1) is 0 Å². The number of nitrogens with zero attached hydrogens (tertiary/aromatic N) is 4. The van der Waals surface area contributed by atoms with Crippen LogP contribution < -0.4 is 0 Å². The zero-order valence-corrected chi connectivity index (χ0v) is 15.4. The predicted molar refractivity (Wildman–Crippen MR) is 99.4 cm³/mol. The highest BCUT2D eigenvalue weighted by molar-refractivity contribution is 5.93. The van der Waals surface area contributed by atoms with Crippen molar-refractivity contribution in [1.29, 1.82) is 0 Å². The number of pyridine rings is 1. The lowest BCUT2D eigenvalue weighted by molar-refractivity contribution is 0.0772. The SMILES string of the molecule is CC(C)n1cccc1C(=O)N1CC[C@@H](CN(C)Cc2cccnc2)C1. The molecule has 0 spiro atoms. The van der Waals surface area contributed by atoms with Crippen molar-refractivity contribution in [2.24, 2.45) is 5.92 Å². The largest absolute Gasteiger partial charge is 0.341 e. The first kappa shape index (κ1) is 17.7. The molecule has 5 nitrogen and oxygen atoms in total. The molecule has 25 heavy (non-hydrogen) atoms. The Morgan fingerprint density at radius 2 is 2.20 bits per heavy atom. The van der Waals surface area contributed by atoms with Gasteiger partial charge in [-0.25, -0.2) is 0 Å². The molecule has 1 aliphatic rings. The summed E-state index contributed by atoms with van der Waals surface area (Å²) in [6.45, 7) is 7.82. The number of hydrogen-bond donors (Lipinski definition) is 0. The smallest absolute Gasteiger partial charge is 0.270 e. The van der Waals surface area contributed by atoms with E-state index in [1.54, 1.807) is 6.20 Å². The first-order valence-electron chi connectivity index (χ1n) is 9.08. The third kappa shape index (κ3) is 4.28. The normalized spacial score (nSPS) is 17.6. The lowest BCUT2D eigenvalue weighted by atomic mass is 10.1. The van der Waals surface area contributed by atoms with Crippen LogP contribution in [-0.4, -0.2) is 51.9 Å².